The van der Waals surface area contributed by atoms with Crippen molar-refractivity contribution in [3.8, 4) is 0 Å². The number of ether oxygens (including phenoxy) is 1. The Kier molecular flexibility index (Phi) is 3.85. The summed E-state index contributed by atoms with van der Waals surface area (Å²) in [5, 5.41) is 3.60. The van der Waals surface area contributed by atoms with Gasteiger partial charge in [-0.3, -0.25) is 0 Å². The number of methoxy groups -OCH3 is 1. The van der Waals surface area contributed by atoms with E-state index in [0.717, 1.165) is 17.9 Å². The van der Waals surface area contributed by atoms with Gasteiger partial charge in [-0.25, -0.2) is 4.79 Å². The first-order chi connectivity index (χ1) is 8.58. The van der Waals surface area contributed by atoms with Gasteiger partial charge in [-0.1, -0.05) is 24.6 Å². The van der Waals surface area contributed by atoms with Crippen molar-refractivity contribution in [2.75, 3.05) is 18.2 Å². The quantitative estimate of drug-likeness (QED) is 0.853. The molecule has 98 valence electrons. The molecule has 0 radical (unpaired) electrons. The molecular formula is C14H19NO2S. The molecule has 2 rings (SSSR count). The van der Waals surface area contributed by atoms with Gasteiger partial charge >= 0.3 is 5.97 Å². The number of carbonyl (C=O) groups is 1. The number of thioether (sulfide) groups is 1. The van der Waals surface area contributed by atoms with Crippen molar-refractivity contribution in [3.63, 3.8) is 0 Å². The van der Waals surface area contributed by atoms with Crippen LogP contribution in [0.5, 0.6) is 0 Å². The molecule has 1 aromatic rings. The van der Waals surface area contributed by atoms with Crippen molar-refractivity contribution < 1.29 is 9.53 Å². The van der Waals surface area contributed by atoms with Gasteiger partial charge in [0, 0.05) is 10.9 Å². The Bertz CT molecular complexity index is 432. The van der Waals surface area contributed by atoms with E-state index < -0.39 is 5.54 Å². The van der Waals surface area contributed by atoms with E-state index in [1.165, 1.54) is 12.7 Å². The van der Waals surface area contributed by atoms with Gasteiger partial charge in [0.25, 0.3) is 0 Å². The zero-order valence-corrected chi connectivity index (χ0v) is 11.8. The zero-order chi connectivity index (χ0) is 13.2. The van der Waals surface area contributed by atoms with Crippen LogP contribution in [0, 0.1) is 6.92 Å². The van der Waals surface area contributed by atoms with Crippen molar-refractivity contribution in [2.24, 2.45) is 0 Å². The Labute approximate surface area is 112 Å². The third-order valence-corrected chi connectivity index (χ3v) is 4.87. The normalized spacial score (nSPS) is 26.9. The van der Waals surface area contributed by atoms with E-state index in [1.807, 2.05) is 31.2 Å². The molecule has 2 atom stereocenters. The van der Waals surface area contributed by atoms with Crippen molar-refractivity contribution in [1.82, 2.24) is 0 Å². The van der Waals surface area contributed by atoms with Crippen LogP contribution in [-0.4, -0.2) is 29.6 Å². The Morgan fingerprint density at radius 2 is 2.11 bits per heavy atom. The predicted molar refractivity (Wildman–Crippen MR) is 76.1 cm³/mol. The number of hydrogen-bond donors (Lipinski definition) is 1. The number of rotatable bonds is 3. The molecule has 1 saturated heterocycles. The molecule has 0 aromatic heterocycles. The van der Waals surface area contributed by atoms with Crippen molar-refractivity contribution in [1.29, 1.82) is 0 Å². The van der Waals surface area contributed by atoms with E-state index >= 15 is 0 Å². The third-order valence-electron chi connectivity index (χ3n) is 3.53. The maximum atomic E-state index is 12.1. The fraction of sp³-hybridized carbons (Fsp3) is 0.500. The first-order valence-corrected chi connectivity index (χ1v) is 7.18. The second-order valence-electron chi connectivity index (χ2n) is 4.72. The summed E-state index contributed by atoms with van der Waals surface area (Å²) in [7, 11) is 1.45. The highest BCUT2D eigenvalue weighted by Crippen LogP contribution is 2.39. The number of aryl methyl sites for hydroxylation is 1. The molecule has 0 bridgehead atoms. The molecule has 1 aromatic carbocycles. The average molecular weight is 265 g/mol. The van der Waals surface area contributed by atoms with Gasteiger partial charge in [0.05, 0.1) is 7.11 Å². The van der Waals surface area contributed by atoms with Crippen molar-refractivity contribution in [2.45, 2.75) is 31.1 Å². The van der Waals surface area contributed by atoms with Gasteiger partial charge in [-0.05, 0) is 31.2 Å². The second-order valence-corrected chi connectivity index (χ2v) is 6.17. The summed E-state index contributed by atoms with van der Waals surface area (Å²) in [4.78, 5) is 12.1. The minimum absolute atomic E-state index is 0.166. The standard InChI is InChI=1S/C14H19NO2S/c1-10-4-6-12(7-5-10)15-14(13(16)17-3)8-9-18-11(14)2/h4-7,11,15H,8-9H2,1-3H3. The third kappa shape index (κ3) is 2.34. The van der Waals surface area contributed by atoms with E-state index in [1.54, 1.807) is 11.8 Å². The topological polar surface area (TPSA) is 38.3 Å². The van der Waals surface area contributed by atoms with Crippen LogP contribution in [0.25, 0.3) is 0 Å². The minimum Gasteiger partial charge on any atom is -0.467 e. The van der Waals surface area contributed by atoms with Gasteiger partial charge in [-0.15, -0.1) is 0 Å². The van der Waals surface area contributed by atoms with Crippen molar-refractivity contribution in [3.05, 3.63) is 29.8 Å². The van der Waals surface area contributed by atoms with Gasteiger partial charge in [0.1, 0.15) is 5.54 Å². The Balaban J connectivity index is 2.26. The number of nitrogens with one attached hydrogen (secondary N) is 1. The average Bonchev–Trinajstić information content (AvgIpc) is 2.74. The minimum atomic E-state index is -0.589. The number of hydrogen-bond acceptors (Lipinski definition) is 4. The highest BCUT2D eigenvalue weighted by Gasteiger charge is 2.48. The number of anilines is 1. The monoisotopic (exact) mass is 265 g/mol. The smallest absolute Gasteiger partial charge is 0.332 e. The first-order valence-electron chi connectivity index (χ1n) is 6.13. The lowest BCUT2D eigenvalue weighted by molar-refractivity contribution is -0.145. The number of benzene rings is 1. The Morgan fingerprint density at radius 1 is 1.44 bits per heavy atom. The van der Waals surface area contributed by atoms with Crippen LogP contribution in [-0.2, 0) is 9.53 Å². The summed E-state index contributed by atoms with van der Waals surface area (Å²) in [6, 6.07) is 8.10. The molecule has 0 saturated carbocycles. The molecule has 2 unspecified atom stereocenters. The number of esters is 1. The summed E-state index contributed by atoms with van der Waals surface area (Å²) in [6.07, 6.45) is 0.805. The van der Waals surface area contributed by atoms with E-state index in [-0.39, 0.29) is 11.2 Å². The molecule has 0 spiro atoms. The highest BCUT2D eigenvalue weighted by molar-refractivity contribution is 8.00. The van der Waals surface area contributed by atoms with Gasteiger partial charge < -0.3 is 10.1 Å². The van der Waals surface area contributed by atoms with Crippen LogP contribution in [0.4, 0.5) is 5.69 Å². The SMILES string of the molecule is COC(=O)C1(Nc2ccc(C)cc2)CCSC1C. The Hall–Kier alpha value is -1.16. The number of carbonyl (C=O) groups excluding carboxylic acids is 1. The fourth-order valence-corrected chi connectivity index (χ4v) is 3.65. The molecule has 0 aliphatic carbocycles. The predicted octanol–water partition coefficient (Wildman–Crippen LogP) is 2.84. The molecule has 1 aliphatic rings. The highest BCUT2D eigenvalue weighted by atomic mass is 32.2. The van der Waals surface area contributed by atoms with Crippen LogP contribution >= 0.6 is 11.8 Å². The Morgan fingerprint density at radius 3 is 2.61 bits per heavy atom. The van der Waals surface area contributed by atoms with E-state index in [4.69, 9.17) is 4.74 Å². The molecule has 0 amide bonds. The molecular weight excluding hydrogens is 246 g/mol. The maximum absolute atomic E-state index is 12.1. The lowest BCUT2D eigenvalue weighted by Crippen LogP contribution is -2.51. The van der Waals surface area contributed by atoms with Crippen LogP contribution in [0.2, 0.25) is 0 Å². The fourth-order valence-electron chi connectivity index (χ4n) is 2.30. The summed E-state index contributed by atoms with van der Waals surface area (Å²) < 4.78 is 4.99. The molecule has 1 fully saturated rings. The first kappa shape index (κ1) is 13.3. The lowest BCUT2D eigenvalue weighted by atomic mass is 9.92. The summed E-state index contributed by atoms with van der Waals surface area (Å²) >= 11 is 1.81. The lowest BCUT2D eigenvalue weighted by Gasteiger charge is -2.32. The van der Waals surface area contributed by atoms with E-state index in [9.17, 15) is 4.79 Å². The largest absolute Gasteiger partial charge is 0.467 e. The molecule has 1 aliphatic heterocycles. The van der Waals surface area contributed by atoms with E-state index in [2.05, 4.69) is 12.2 Å². The van der Waals surface area contributed by atoms with Gasteiger partial charge in [0.15, 0.2) is 0 Å². The second kappa shape index (κ2) is 5.22. The van der Waals surface area contributed by atoms with Crippen LogP contribution in [0.15, 0.2) is 24.3 Å². The zero-order valence-electron chi connectivity index (χ0n) is 11.0. The molecule has 18 heavy (non-hydrogen) atoms. The summed E-state index contributed by atoms with van der Waals surface area (Å²) in [6.45, 7) is 4.13. The molecule has 1 N–H and O–H groups in total. The van der Waals surface area contributed by atoms with Crippen LogP contribution in [0.1, 0.15) is 18.9 Å². The summed E-state index contributed by atoms with van der Waals surface area (Å²) in [5.74, 6) is 0.815. The van der Waals surface area contributed by atoms with E-state index in [0.29, 0.717) is 0 Å². The summed E-state index contributed by atoms with van der Waals surface area (Å²) in [5.41, 5.74) is 1.59. The van der Waals surface area contributed by atoms with Crippen LogP contribution in [0.3, 0.4) is 0 Å². The molecule has 4 heteroatoms. The van der Waals surface area contributed by atoms with Crippen LogP contribution < -0.4 is 5.32 Å². The molecule has 1 heterocycles. The van der Waals surface area contributed by atoms with Gasteiger partial charge in [0.2, 0.25) is 0 Å². The molecule has 3 nitrogen and oxygen atoms in total. The van der Waals surface area contributed by atoms with Gasteiger partial charge in [-0.2, -0.15) is 11.8 Å². The maximum Gasteiger partial charge on any atom is 0.332 e. The van der Waals surface area contributed by atoms with Crippen molar-refractivity contribution >= 4 is 23.4 Å².